The van der Waals surface area contributed by atoms with Crippen LogP contribution in [0.25, 0.3) is 22.3 Å². The van der Waals surface area contributed by atoms with Crippen LogP contribution < -0.4 is 16.0 Å². The molecule has 8 heteroatoms. The molecule has 1 fully saturated rings. The predicted molar refractivity (Wildman–Crippen MR) is 123 cm³/mol. The van der Waals surface area contributed by atoms with Gasteiger partial charge in [0.05, 0.1) is 28.5 Å². The molecule has 0 bridgehead atoms. The first kappa shape index (κ1) is 20.5. The van der Waals surface area contributed by atoms with E-state index in [1.807, 2.05) is 38.1 Å². The average molecular weight is 433 g/mol. The molecule has 2 aromatic heterocycles. The second-order valence-electron chi connectivity index (χ2n) is 8.94. The molecule has 1 saturated carbocycles. The van der Waals surface area contributed by atoms with Gasteiger partial charge in [-0.15, -0.1) is 0 Å². The molecule has 0 spiro atoms. The van der Waals surface area contributed by atoms with E-state index >= 15 is 0 Å². The van der Waals surface area contributed by atoms with Gasteiger partial charge in [0, 0.05) is 30.3 Å². The third kappa shape index (κ3) is 3.70. The Bertz CT molecular complexity index is 1220. The Morgan fingerprint density at radius 3 is 2.75 bits per heavy atom. The molecule has 1 aromatic carbocycles. The number of hydrogen-bond acceptors (Lipinski definition) is 5. The third-order valence-electron chi connectivity index (χ3n) is 6.46. The summed E-state index contributed by atoms with van der Waals surface area (Å²) in [7, 11) is 0. The second kappa shape index (κ2) is 7.93. The summed E-state index contributed by atoms with van der Waals surface area (Å²) in [5, 5.41) is 9.54. The Labute approximate surface area is 186 Å². The highest BCUT2D eigenvalue weighted by molar-refractivity contribution is 6.01. The number of fused-ring (bicyclic) bond motifs is 2. The first-order valence-corrected chi connectivity index (χ1v) is 11.2. The number of carbonyl (C=O) groups is 2. The Morgan fingerprint density at radius 2 is 1.97 bits per heavy atom. The number of aromatic nitrogens is 3. The fraction of sp³-hybridized carbons (Fsp3) is 0.417. The zero-order chi connectivity index (χ0) is 22.4. The summed E-state index contributed by atoms with van der Waals surface area (Å²) < 4.78 is 0. The van der Waals surface area contributed by atoms with E-state index in [-0.39, 0.29) is 29.9 Å². The highest BCUT2D eigenvalue weighted by Gasteiger charge is 2.29. The molecule has 3 atom stereocenters. The van der Waals surface area contributed by atoms with Crippen molar-refractivity contribution in [2.45, 2.75) is 64.6 Å². The Hall–Kier alpha value is -3.42. The van der Waals surface area contributed by atoms with Gasteiger partial charge >= 0.3 is 0 Å². The molecule has 5 rings (SSSR count). The fourth-order valence-corrected chi connectivity index (χ4v) is 4.94. The van der Waals surface area contributed by atoms with E-state index < -0.39 is 0 Å². The molecule has 2 aliphatic rings. The van der Waals surface area contributed by atoms with Crippen LogP contribution in [0.5, 0.6) is 0 Å². The van der Waals surface area contributed by atoms with Crippen LogP contribution in [0.15, 0.2) is 24.3 Å². The van der Waals surface area contributed by atoms with Crippen molar-refractivity contribution in [1.82, 2.24) is 25.6 Å². The molecule has 4 N–H and O–H groups in total. The minimum Gasteiger partial charge on any atom is -0.366 e. The molecule has 0 saturated heterocycles. The summed E-state index contributed by atoms with van der Waals surface area (Å²) in [6.45, 7) is 5.50. The summed E-state index contributed by atoms with van der Waals surface area (Å²) >= 11 is 0. The zero-order valence-corrected chi connectivity index (χ0v) is 18.6. The molecule has 2 amide bonds. The van der Waals surface area contributed by atoms with E-state index in [0.29, 0.717) is 5.56 Å². The summed E-state index contributed by atoms with van der Waals surface area (Å²) in [4.78, 5) is 36.8. The molecule has 8 nitrogen and oxygen atoms in total. The van der Waals surface area contributed by atoms with Gasteiger partial charge in [-0.3, -0.25) is 9.59 Å². The van der Waals surface area contributed by atoms with Crippen molar-refractivity contribution in [2.75, 3.05) is 5.32 Å². The number of carbonyl (C=O) groups excluding carboxylic acids is 2. The molecule has 166 valence electrons. The number of nitrogens with zero attached hydrogens (tertiary/aromatic N) is 2. The van der Waals surface area contributed by atoms with Crippen LogP contribution in [0.3, 0.4) is 0 Å². The van der Waals surface area contributed by atoms with Gasteiger partial charge < -0.3 is 20.9 Å². The largest absolute Gasteiger partial charge is 0.366 e. The highest BCUT2D eigenvalue weighted by Crippen LogP contribution is 2.33. The van der Waals surface area contributed by atoms with E-state index in [1.165, 1.54) is 0 Å². The number of para-hydroxylation sites is 1. The van der Waals surface area contributed by atoms with Crippen molar-refractivity contribution in [3.63, 3.8) is 0 Å². The number of aryl methyl sites for hydroxylation is 1. The minimum absolute atomic E-state index is 0.0165. The lowest BCUT2D eigenvalue weighted by molar-refractivity contribution is -0.119. The smallest absolute Gasteiger partial charge is 0.253 e. The lowest BCUT2D eigenvalue weighted by Gasteiger charge is -2.30. The first-order chi connectivity index (χ1) is 15.4. The molecule has 32 heavy (non-hydrogen) atoms. The van der Waals surface area contributed by atoms with Crippen molar-refractivity contribution in [3.05, 3.63) is 41.2 Å². The van der Waals surface area contributed by atoms with Crippen molar-refractivity contribution in [1.29, 1.82) is 0 Å². The molecule has 1 unspecified atom stereocenters. The molecule has 1 aliphatic carbocycles. The number of benzene rings is 1. The van der Waals surface area contributed by atoms with Crippen LogP contribution in [0, 0.1) is 6.92 Å². The van der Waals surface area contributed by atoms with Crippen LogP contribution in [0.4, 0.5) is 5.82 Å². The van der Waals surface area contributed by atoms with Gasteiger partial charge in [0.25, 0.3) is 5.91 Å². The number of rotatable bonds is 4. The maximum absolute atomic E-state index is 12.2. The topological polar surface area (TPSA) is 112 Å². The van der Waals surface area contributed by atoms with Gasteiger partial charge in [-0.25, -0.2) is 9.97 Å². The van der Waals surface area contributed by atoms with Gasteiger partial charge in [-0.05, 0) is 51.7 Å². The standard InChI is InChI=1S/C24H28N6O2/c1-12-21-18(24(32)26-12)11-20(29-21)17-8-5-9-19-22(17)30-23(13(2)25-19)28-16-7-4-6-15(10-16)27-14(3)31/h5,8-9,11-12,15-16,29H,4,6-7,10H2,1-3H3,(H,26,32)(H,27,31)(H,28,30)/t12?,15-,16+/m1/s1. The van der Waals surface area contributed by atoms with Crippen LogP contribution in [-0.2, 0) is 4.79 Å². The van der Waals surface area contributed by atoms with E-state index in [2.05, 4.69) is 20.9 Å². The fourth-order valence-electron chi connectivity index (χ4n) is 4.94. The maximum atomic E-state index is 12.2. The average Bonchev–Trinajstić information content (AvgIpc) is 3.29. The number of hydrogen-bond donors (Lipinski definition) is 4. The number of anilines is 1. The third-order valence-corrected chi connectivity index (χ3v) is 6.46. The normalized spacial score (nSPS) is 22.5. The van der Waals surface area contributed by atoms with Gasteiger partial charge in [-0.1, -0.05) is 12.1 Å². The minimum atomic E-state index is -0.0504. The number of amides is 2. The summed E-state index contributed by atoms with van der Waals surface area (Å²) in [6, 6.07) is 8.23. The van der Waals surface area contributed by atoms with E-state index in [1.54, 1.807) is 6.92 Å². The monoisotopic (exact) mass is 432 g/mol. The molecule has 3 aromatic rings. The quantitative estimate of drug-likeness (QED) is 0.503. The van der Waals surface area contributed by atoms with Crippen LogP contribution >= 0.6 is 0 Å². The molecule has 3 heterocycles. The van der Waals surface area contributed by atoms with Crippen LogP contribution in [-0.4, -0.2) is 38.8 Å². The lowest BCUT2D eigenvalue weighted by Crippen LogP contribution is -2.41. The zero-order valence-electron chi connectivity index (χ0n) is 18.6. The molecule has 0 radical (unpaired) electrons. The van der Waals surface area contributed by atoms with Gasteiger partial charge in [0.1, 0.15) is 11.3 Å². The van der Waals surface area contributed by atoms with Gasteiger partial charge in [0.2, 0.25) is 5.91 Å². The van der Waals surface area contributed by atoms with E-state index in [9.17, 15) is 9.59 Å². The number of nitrogens with one attached hydrogen (secondary N) is 4. The summed E-state index contributed by atoms with van der Waals surface area (Å²) in [5.74, 6) is 0.733. The van der Waals surface area contributed by atoms with Crippen LogP contribution in [0.1, 0.15) is 67.3 Å². The Balaban J connectivity index is 1.48. The Kier molecular flexibility index (Phi) is 5.07. The predicted octanol–water partition coefficient (Wildman–Crippen LogP) is 3.60. The highest BCUT2D eigenvalue weighted by atomic mass is 16.2. The molecular formula is C24H28N6O2. The van der Waals surface area contributed by atoms with E-state index in [0.717, 1.165) is 65.2 Å². The van der Waals surface area contributed by atoms with Crippen molar-refractivity contribution >= 4 is 28.7 Å². The first-order valence-electron chi connectivity index (χ1n) is 11.2. The van der Waals surface area contributed by atoms with Gasteiger partial charge in [-0.2, -0.15) is 0 Å². The number of aromatic amines is 1. The van der Waals surface area contributed by atoms with Crippen molar-refractivity contribution in [2.24, 2.45) is 0 Å². The second-order valence-corrected chi connectivity index (χ2v) is 8.94. The molecule has 1 aliphatic heterocycles. The summed E-state index contributed by atoms with van der Waals surface area (Å²) in [5.41, 5.74) is 5.85. The van der Waals surface area contributed by atoms with Crippen molar-refractivity contribution in [3.8, 4) is 11.3 Å². The van der Waals surface area contributed by atoms with Crippen LogP contribution in [0.2, 0.25) is 0 Å². The Morgan fingerprint density at radius 1 is 1.16 bits per heavy atom. The maximum Gasteiger partial charge on any atom is 0.253 e. The lowest BCUT2D eigenvalue weighted by atomic mass is 9.91. The van der Waals surface area contributed by atoms with E-state index in [4.69, 9.17) is 9.97 Å². The van der Waals surface area contributed by atoms with Crippen molar-refractivity contribution < 1.29 is 9.59 Å². The molecular weight excluding hydrogens is 404 g/mol. The SMILES string of the molecule is CC(=O)N[C@@H]1CCC[C@H](Nc2nc3c(-c4cc5c([nH]4)C(C)NC5=O)cccc3nc2C)C1. The number of H-pyrrole nitrogens is 1. The van der Waals surface area contributed by atoms with Gasteiger partial charge in [0.15, 0.2) is 0 Å². The summed E-state index contributed by atoms with van der Waals surface area (Å²) in [6.07, 6.45) is 3.97.